The zero-order chi connectivity index (χ0) is 12.9. The van der Waals surface area contributed by atoms with E-state index in [-0.39, 0.29) is 4.75 Å². The molecule has 17 heavy (non-hydrogen) atoms. The summed E-state index contributed by atoms with van der Waals surface area (Å²) in [7, 11) is 0. The molecule has 3 N–H and O–H groups in total. The fraction of sp³-hybridized carbons (Fsp3) is 0.750. The van der Waals surface area contributed by atoms with Crippen molar-refractivity contribution in [3.63, 3.8) is 0 Å². The van der Waals surface area contributed by atoms with Gasteiger partial charge in [-0.2, -0.15) is 16.9 Å². The Hall–Kier alpha value is -0.520. The Morgan fingerprint density at radius 2 is 2.24 bits per heavy atom. The number of aromatic nitrogens is 2. The molecule has 0 fully saturated rings. The molecule has 1 aromatic rings. The lowest BCUT2D eigenvalue weighted by atomic mass is 10.1. The molecular weight excluding hydrogens is 232 g/mol. The van der Waals surface area contributed by atoms with Crippen molar-refractivity contribution in [3.8, 4) is 0 Å². The molecule has 0 amide bonds. The molecule has 0 radical (unpaired) electrons. The van der Waals surface area contributed by atoms with E-state index in [1.54, 1.807) is 0 Å². The molecule has 0 spiro atoms. The highest BCUT2D eigenvalue weighted by Gasteiger charge is 2.15. The van der Waals surface area contributed by atoms with Gasteiger partial charge in [-0.3, -0.25) is 16.0 Å². The zero-order valence-corrected chi connectivity index (χ0v) is 12.0. The first-order valence-electron chi connectivity index (χ1n) is 6.06. The van der Waals surface area contributed by atoms with Gasteiger partial charge in [-0.05, 0) is 18.9 Å². The first-order chi connectivity index (χ1) is 7.94. The molecule has 98 valence electrons. The number of nitrogens with two attached hydrogens (primary N) is 1. The first kappa shape index (κ1) is 14.5. The van der Waals surface area contributed by atoms with Crippen LogP contribution in [-0.4, -0.2) is 26.3 Å². The van der Waals surface area contributed by atoms with Crippen LogP contribution in [0.3, 0.4) is 0 Å². The molecule has 0 aliphatic heterocycles. The molecule has 5 heteroatoms. The molecule has 0 saturated carbocycles. The maximum Gasteiger partial charge on any atom is 0.0522 e. The van der Waals surface area contributed by atoms with E-state index in [1.165, 1.54) is 5.56 Å². The predicted octanol–water partition coefficient (Wildman–Crippen LogP) is 1.81. The quantitative estimate of drug-likeness (QED) is 0.602. The van der Waals surface area contributed by atoms with Gasteiger partial charge >= 0.3 is 0 Å². The van der Waals surface area contributed by atoms with E-state index in [1.807, 2.05) is 22.6 Å². The van der Waals surface area contributed by atoms with Crippen molar-refractivity contribution in [2.45, 2.75) is 51.4 Å². The lowest BCUT2D eigenvalue weighted by Gasteiger charge is -2.22. The number of rotatable bonds is 6. The number of nitrogens with zero attached hydrogens (tertiary/aromatic N) is 2. The molecule has 0 aliphatic carbocycles. The van der Waals surface area contributed by atoms with Crippen molar-refractivity contribution < 1.29 is 0 Å². The van der Waals surface area contributed by atoms with Crippen LogP contribution in [0.4, 0.5) is 0 Å². The van der Waals surface area contributed by atoms with E-state index in [9.17, 15) is 0 Å². The molecule has 0 bridgehead atoms. The smallest absolute Gasteiger partial charge is 0.0522 e. The van der Waals surface area contributed by atoms with Crippen LogP contribution in [0.5, 0.6) is 0 Å². The fourth-order valence-electron chi connectivity index (χ4n) is 1.49. The highest BCUT2D eigenvalue weighted by atomic mass is 32.2. The third-order valence-electron chi connectivity index (χ3n) is 2.45. The highest BCUT2D eigenvalue weighted by Crippen LogP contribution is 2.24. The van der Waals surface area contributed by atoms with E-state index in [4.69, 9.17) is 5.84 Å². The lowest BCUT2D eigenvalue weighted by Crippen LogP contribution is -2.39. The van der Waals surface area contributed by atoms with Gasteiger partial charge < -0.3 is 0 Å². The van der Waals surface area contributed by atoms with E-state index in [2.05, 4.69) is 44.4 Å². The summed E-state index contributed by atoms with van der Waals surface area (Å²) in [4.78, 5) is 0. The lowest BCUT2D eigenvalue weighted by molar-refractivity contribution is 0.572. The SMILES string of the molecule is CCn1cc(CC(CSC(C)(C)C)NN)cn1. The molecule has 0 saturated heterocycles. The maximum atomic E-state index is 5.60. The van der Waals surface area contributed by atoms with Gasteiger partial charge in [-0.1, -0.05) is 20.8 Å². The van der Waals surface area contributed by atoms with Crippen molar-refractivity contribution in [2.75, 3.05) is 5.75 Å². The van der Waals surface area contributed by atoms with Gasteiger partial charge in [0.15, 0.2) is 0 Å². The highest BCUT2D eigenvalue weighted by molar-refractivity contribution is 8.00. The first-order valence-corrected chi connectivity index (χ1v) is 7.04. The molecule has 1 rings (SSSR count). The standard InChI is InChI=1S/C12H24N4S/c1-5-16-8-10(7-14-16)6-11(15-13)9-17-12(2,3)4/h7-8,11,15H,5-6,9,13H2,1-4H3. The molecule has 1 heterocycles. The van der Waals surface area contributed by atoms with Gasteiger partial charge in [0.25, 0.3) is 0 Å². The second-order valence-corrected chi connectivity index (χ2v) is 7.04. The van der Waals surface area contributed by atoms with Gasteiger partial charge in [0.1, 0.15) is 0 Å². The monoisotopic (exact) mass is 256 g/mol. The molecular formula is C12H24N4S. The number of hydrazine groups is 1. The average molecular weight is 256 g/mol. The fourth-order valence-corrected chi connectivity index (χ4v) is 2.40. The number of thioether (sulfide) groups is 1. The minimum absolute atomic E-state index is 0.280. The topological polar surface area (TPSA) is 55.9 Å². The third kappa shape index (κ3) is 5.57. The van der Waals surface area contributed by atoms with Crippen LogP contribution in [0.15, 0.2) is 12.4 Å². The van der Waals surface area contributed by atoms with Gasteiger partial charge in [-0.15, -0.1) is 0 Å². The van der Waals surface area contributed by atoms with Crippen LogP contribution in [-0.2, 0) is 13.0 Å². The summed E-state index contributed by atoms with van der Waals surface area (Å²) in [5.74, 6) is 6.61. The Labute approximate surface area is 108 Å². The summed E-state index contributed by atoms with van der Waals surface area (Å²) in [6.07, 6.45) is 4.95. The van der Waals surface area contributed by atoms with Crippen molar-refractivity contribution in [3.05, 3.63) is 18.0 Å². The van der Waals surface area contributed by atoms with Crippen LogP contribution in [0.1, 0.15) is 33.3 Å². The Morgan fingerprint density at radius 3 is 2.71 bits per heavy atom. The molecule has 1 atom stereocenters. The van der Waals surface area contributed by atoms with Crippen LogP contribution in [0.25, 0.3) is 0 Å². The summed E-state index contributed by atoms with van der Waals surface area (Å²) in [6, 6.07) is 0.300. The average Bonchev–Trinajstić information content (AvgIpc) is 2.70. The van der Waals surface area contributed by atoms with Gasteiger partial charge in [-0.25, -0.2) is 0 Å². The van der Waals surface area contributed by atoms with E-state index in [0.717, 1.165) is 18.7 Å². The Bertz CT molecular complexity index is 329. The van der Waals surface area contributed by atoms with Crippen LogP contribution in [0.2, 0.25) is 0 Å². The maximum absolute atomic E-state index is 5.60. The Balaban J connectivity index is 2.46. The van der Waals surface area contributed by atoms with Crippen molar-refractivity contribution >= 4 is 11.8 Å². The van der Waals surface area contributed by atoms with Crippen LogP contribution in [0, 0.1) is 0 Å². The van der Waals surface area contributed by atoms with Crippen LogP contribution >= 0.6 is 11.8 Å². The number of aryl methyl sites for hydroxylation is 1. The molecule has 0 aromatic carbocycles. The predicted molar refractivity (Wildman–Crippen MR) is 74.9 cm³/mol. The third-order valence-corrected chi connectivity index (χ3v) is 3.88. The summed E-state index contributed by atoms with van der Waals surface area (Å²) < 4.78 is 2.22. The normalized spacial score (nSPS) is 13.9. The zero-order valence-electron chi connectivity index (χ0n) is 11.2. The minimum Gasteiger partial charge on any atom is -0.273 e. The second-order valence-electron chi connectivity index (χ2n) is 5.20. The van der Waals surface area contributed by atoms with E-state index in [0.29, 0.717) is 6.04 Å². The summed E-state index contributed by atoms with van der Waals surface area (Å²) in [5.41, 5.74) is 4.13. The largest absolute Gasteiger partial charge is 0.273 e. The minimum atomic E-state index is 0.280. The van der Waals surface area contributed by atoms with Crippen molar-refractivity contribution in [1.29, 1.82) is 0 Å². The second kappa shape index (κ2) is 6.42. The van der Waals surface area contributed by atoms with E-state index >= 15 is 0 Å². The number of hydrogen-bond acceptors (Lipinski definition) is 4. The van der Waals surface area contributed by atoms with Gasteiger partial charge in [0.2, 0.25) is 0 Å². The number of nitrogens with one attached hydrogen (secondary N) is 1. The molecule has 0 aliphatic rings. The molecule has 4 nitrogen and oxygen atoms in total. The van der Waals surface area contributed by atoms with Crippen molar-refractivity contribution in [2.24, 2.45) is 5.84 Å². The Kier molecular flexibility index (Phi) is 5.49. The number of hydrogen-bond donors (Lipinski definition) is 2. The van der Waals surface area contributed by atoms with E-state index < -0.39 is 0 Å². The summed E-state index contributed by atoms with van der Waals surface area (Å²) in [5, 5.41) is 4.27. The molecule has 1 unspecified atom stereocenters. The Morgan fingerprint density at radius 1 is 1.53 bits per heavy atom. The summed E-state index contributed by atoms with van der Waals surface area (Å²) in [6.45, 7) is 9.67. The summed E-state index contributed by atoms with van der Waals surface area (Å²) >= 11 is 1.93. The molecule has 1 aromatic heterocycles. The van der Waals surface area contributed by atoms with Gasteiger partial charge in [0, 0.05) is 29.3 Å². The van der Waals surface area contributed by atoms with Crippen LogP contribution < -0.4 is 11.3 Å². The van der Waals surface area contributed by atoms with Crippen molar-refractivity contribution in [1.82, 2.24) is 15.2 Å². The van der Waals surface area contributed by atoms with Gasteiger partial charge in [0.05, 0.1) is 6.20 Å².